The molecule has 0 atom stereocenters. The molecule has 0 aliphatic heterocycles. The van der Waals surface area contributed by atoms with Crippen molar-refractivity contribution in [2.45, 2.75) is 20.0 Å². The van der Waals surface area contributed by atoms with Crippen molar-refractivity contribution in [3.8, 4) is 11.4 Å². The smallest absolute Gasteiger partial charge is 0.326 e. The molecule has 2 aromatic carbocycles. The van der Waals surface area contributed by atoms with Crippen molar-refractivity contribution in [2.24, 2.45) is 0 Å². The van der Waals surface area contributed by atoms with Gasteiger partial charge in [0.1, 0.15) is 0 Å². The third-order valence-corrected chi connectivity index (χ3v) is 3.70. The number of rotatable bonds is 2. The van der Waals surface area contributed by atoms with E-state index >= 15 is 0 Å². The summed E-state index contributed by atoms with van der Waals surface area (Å²) in [6, 6.07) is 8.68. The number of amides is 1. The van der Waals surface area contributed by atoms with E-state index in [1.165, 1.54) is 19.2 Å². The minimum atomic E-state index is -4.40. The summed E-state index contributed by atoms with van der Waals surface area (Å²) < 4.78 is 38.3. The first-order valence-electron chi connectivity index (χ1n) is 7.46. The van der Waals surface area contributed by atoms with Gasteiger partial charge in [0, 0.05) is 29.8 Å². The van der Waals surface area contributed by atoms with Crippen LogP contribution in [0.4, 0.5) is 18.9 Å². The van der Waals surface area contributed by atoms with E-state index in [1.807, 2.05) is 13.0 Å². The van der Waals surface area contributed by atoms with E-state index in [-0.39, 0.29) is 5.91 Å². The van der Waals surface area contributed by atoms with Gasteiger partial charge in [0.15, 0.2) is 5.82 Å². The summed E-state index contributed by atoms with van der Waals surface area (Å²) in [5, 5.41) is 3.04. The van der Waals surface area contributed by atoms with E-state index in [9.17, 15) is 18.0 Å². The Kier molecular flexibility index (Phi) is 4.16. The summed E-state index contributed by atoms with van der Waals surface area (Å²) in [4.78, 5) is 19.6. The van der Waals surface area contributed by atoms with Gasteiger partial charge in [-0.1, -0.05) is 0 Å². The highest BCUT2D eigenvalue weighted by molar-refractivity contribution is 5.90. The van der Waals surface area contributed by atoms with Crippen LogP contribution in [0.3, 0.4) is 0 Å². The van der Waals surface area contributed by atoms with Crippen LogP contribution in [0.2, 0.25) is 0 Å². The lowest BCUT2D eigenvalue weighted by Gasteiger charge is -2.10. The average molecular weight is 345 g/mol. The summed E-state index contributed by atoms with van der Waals surface area (Å²) in [5.74, 6) is 0.239. The van der Waals surface area contributed by atoms with E-state index in [0.717, 1.165) is 17.7 Å². The van der Waals surface area contributed by atoms with Gasteiger partial charge >= 0.3 is 6.18 Å². The van der Waals surface area contributed by atoms with Gasteiger partial charge in [-0.15, -0.1) is 0 Å². The Hall–Kier alpha value is -2.96. The Morgan fingerprint density at radius 3 is 2.52 bits per heavy atom. The van der Waals surface area contributed by atoms with Gasteiger partial charge < -0.3 is 5.32 Å². The molecule has 0 spiro atoms. The van der Waals surface area contributed by atoms with Gasteiger partial charge in [-0.2, -0.15) is 13.2 Å². The monoisotopic (exact) mass is 345 g/mol. The Labute approximate surface area is 141 Å². The Balaban J connectivity index is 1.99. The molecular formula is C18H14F3N3O. The van der Waals surface area contributed by atoms with Crippen molar-refractivity contribution in [1.29, 1.82) is 0 Å². The van der Waals surface area contributed by atoms with E-state index in [4.69, 9.17) is 0 Å². The number of nitrogens with one attached hydrogen (secondary N) is 1. The van der Waals surface area contributed by atoms with Crippen molar-refractivity contribution in [1.82, 2.24) is 9.97 Å². The highest BCUT2D eigenvalue weighted by Gasteiger charge is 2.30. The van der Waals surface area contributed by atoms with Gasteiger partial charge in [0.2, 0.25) is 5.91 Å². The molecule has 1 aromatic heterocycles. The zero-order chi connectivity index (χ0) is 18.2. The SMILES string of the molecule is CC(=O)Nc1ccc(-c2ncc3cc(C(F)(F)F)ccc3n2)cc1C. The molecule has 128 valence electrons. The standard InChI is InChI=1S/C18H14F3N3O/c1-10-7-12(3-5-15(10)23-11(2)25)17-22-9-13-8-14(18(19,20)21)4-6-16(13)24-17/h3-9H,1-2H3,(H,23,25). The molecule has 0 fully saturated rings. The van der Waals surface area contributed by atoms with Crippen LogP contribution in [0.5, 0.6) is 0 Å². The van der Waals surface area contributed by atoms with Gasteiger partial charge in [-0.05, 0) is 48.9 Å². The van der Waals surface area contributed by atoms with Crippen LogP contribution in [-0.4, -0.2) is 15.9 Å². The first-order chi connectivity index (χ1) is 11.7. The maximum absolute atomic E-state index is 12.8. The van der Waals surface area contributed by atoms with Crippen molar-refractivity contribution in [3.63, 3.8) is 0 Å². The molecule has 7 heteroatoms. The second kappa shape index (κ2) is 6.16. The number of aromatic nitrogens is 2. The molecule has 0 aliphatic carbocycles. The van der Waals surface area contributed by atoms with E-state index in [2.05, 4.69) is 15.3 Å². The summed E-state index contributed by atoms with van der Waals surface area (Å²) in [5.41, 5.74) is 1.94. The highest BCUT2D eigenvalue weighted by Crippen LogP contribution is 2.31. The molecule has 1 amide bonds. The number of fused-ring (bicyclic) bond motifs is 1. The Morgan fingerprint density at radius 2 is 1.88 bits per heavy atom. The number of alkyl halides is 3. The highest BCUT2D eigenvalue weighted by atomic mass is 19.4. The number of anilines is 1. The molecule has 1 heterocycles. The lowest BCUT2D eigenvalue weighted by atomic mass is 10.1. The number of halogens is 3. The topological polar surface area (TPSA) is 54.9 Å². The number of hydrogen-bond donors (Lipinski definition) is 1. The fraction of sp³-hybridized carbons (Fsp3) is 0.167. The van der Waals surface area contributed by atoms with Gasteiger partial charge in [-0.25, -0.2) is 9.97 Å². The Morgan fingerprint density at radius 1 is 1.12 bits per heavy atom. The molecule has 1 N–H and O–H groups in total. The molecular weight excluding hydrogens is 331 g/mol. The van der Waals surface area contributed by atoms with Crippen molar-refractivity contribution < 1.29 is 18.0 Å². The maximum Gasteiger partial charge on any atom is 0.416 e. The summed E-state index contributed by atoms with van der Waals surface area (Å²) in [7, 11) is 0. The van der Waals surface area contributed by atoms with Gasteiger partial charge in [0.25, 0.3) is 0 Å². The second-order valence-electron chi connectivity index (χ2n) is 5.68. The number of carbonyl (C=O) groups excluding carboxylic acids is 1. The van der Waals surface area contributed by atoms with E-state index in [0.29, 0.717) is 28.0 Å². The van der Waals surface area contributed by atoms with Crippen molar-refractivity contribution >= 4 is 22.5 Å². The fourth-order valence-electron chi connectivity index (χ4n) is 2.48. The molecule has 0 bridgehead atoms. The zero-order valence-corrected chi connectivity index (χ0v) is 13.5. The van der Waals surface area contributed by atoms with Crippen LogP contribution < -0.4 is 5.32 Å². The van der Waals surface area contributed by atoms with Crippen LogP contribution >= 0.6 is 0 Å². The lowest BCUT2D eigenvalue weighted by molar-refractivity contribution is -0.137. The number of carbonyl (C=O) groups is 1. The lowest BCUT2D eigenvalue weighted by Crippen LogP contribution is -2.07. The molecule has 0 unspecified atom stereocenters. The van der Waals surface area contributed by atoms with E-state index < -0.39 is 11.7 Å². The first-order valence-corrected chi connectivity index (χ1v) is 7.46. The van der Waals surface area contributed by atoms with Gasteiger partial charge in [-0.3, -0.25) is 4.79 Å². The summed E-state index contributed by atoms with van der Waals surface area (Å²) in [6.45, 7) is 3.26. The molecule has 0 aliphatic rings. The van der Waals surface area contributed by atoms with Crippen LogP contribution in [0.1, 0.15) is 18.1 Å². The summed E-state index contributed by atoms with van der Waals surface area (Å²) >= 11 is 0. The second-order valence-corrected chi connectivity index (χ2v) is 5.68. The van der Waals surface area contributed by atoms with Crippen LogP contribution in [0.25, 0.3) is 22.3 Å². The molecule has 0 radical (unpaired) electrons. The Bertz CT molecular complexity index is 967. The zero-order valence-electron chi connectivity index (χ0n) is 13.5. The normalized spacial score (nSPS) is 11.6. The third-order valence-electron chi connectivity index (χ3n) is 3.70. The summed E-state index contributed by atoms with van der Waals surface area (Å²) in [6.07, 6.45) is -3.02. The largest absolute Gasteiger partial charge is 0.416 e. The predicted molar refractivity (Wildman–Crippen MR) is 89.0 cm³/mol. The fourth-order valence-corrected chi connectivity index (χ4v) is 2.48. The van der Waals surface area contributed by atoms with Crippen molar-refractivity contribution in [2.75, 3.05) is 5.32 Å². The quantitative estimate of drug-likeness (QED) is 0.739. The third kappa shape index (κ3) is 3.60. The molecule has 3 aromatic rings. The van der Waals surface area contributed by atoms with Crippen LogP contribution in [0.15, 0.2) is 42.6 Å². The molecule has 0 saturated heterocycles. The first kappa shape index (κ1) is 16.9. The number of aryl methyl sites for hydroxylation is 1. The minimum absolute atomic E-state index is 0.168. The number of nitrogens with zero attached hydrogens (tertiary/aromatic N) is 2. The molecule has 0 saturated carbocycles. The molecule has 4 nitrogen and oxygen atoms in total. The average Bonchev–Trinajstić information content (AvgIpc) is 2.54. The number of benzene rings is 2. The molecule has 3 rings (SSSR count). The van der Waals surface area contributed by atoms with E-state index in [1.54, 1.807) is 12.1 Å². The van der Waals surface area contributed by atoms with Crippen LogP contribution in [0, 0.1) is 6.92 Å². The minimum Gasteiger partial charge on any atom is -0.326 e. The maximum atomic E-state index is 12.8. The van der Waals surface area contributed by atoms with Gasteiger partial charge in [0.05, 0.1) is 11.1 Å². The predicted octanol–water partition coefficient (Wildman–Crippen LogP) is 4.58. The number of hydrogen-bond acceptors (Lipinski definition) is 3. The van der Waals surface area contributed by atoms with Crippen molar-refractivity contribution in [3.05, 3.63) is 53.7 Å². The molecule has 25 heavy (non-hydrogen) atoms. The van der Waals surface area contributed by atoms with Crippen LogP contribution in [-0.2, 0) is 11.0 Å².